The maximum absolute atomic E-state index is 8.95. The van der Waals surface area contributed by atoms with Crippen LogP contribution in [0.2, 0.25) is 0 Å². The van der Waals surface area contributed by atoms with Crippen LogP contribution in [0.3, 0.4) is 0 Å². The first-order valence-corrected chi connectivity index (χ1v) is 4.40. The molecule has 1 nitrogen and oxygen atoms in total. The maximum atomic E-state index is 8.95. The van der Waals surface area contributed by atoms with Crippen LogP contribution in [0.4, 0.5) is 0 Å². The number of aliphatic hydroxyl groups excluding tert-OH is 1. The summed E-state index contributed by atoms with van der Waals surface area (Å²) >= 11 is 0. The Kier molecular flexibility index (Phi) is 2.07. The zero-order chi connectivity index (χ0) is 9.26. The van der Waals surface area contributed by atoms with Crippen LogP contribution in [0.25, 0.3) is 10.8 Å². The third-order valence-corrected chi connectivity index (χ3v) is 2.24. The standard InChI is InChI=1S/C11H11BO/c12-11-4-3-9-5-8(7-13)1-2-10(9)6-11/h1-6,13H,7,12H2. The van der Waals surface area contributed by atoms with E-state index in [4.69, 9.17) is 5.11 Å². The average molecular weight is 170 g/mol. The summed E-state index contributed by atoms with van der Waals surface area (Å²) in [5.74, 6) is 0. The molecule has 0 heterocycles. The van der Waals surface area contributed by atoms with Gasteiger partial charge < -0.3 is 5.11 Å². The zero-order valence-electron chi connectivity index (χ0n) is 7.62. The highest BCUT2D eigenvalue weighted by atomic mass is 16.3. The van der Waals surface area contributed by atoms with Gasteiger partial charge in [0.1, 0.15) is 7.85 Å². The molecule has 0 saturated heterocycles. The van der Waals surface area contributed by atoms with Gasteiger partial charge in [-0.05, 0) is 22.4 Å². The molecular weight excluding hydrogens is 159 g/mol. The van der Waals surface area contributed by atoms with Crippen LogP contribution in [0.5, 0.6) is 0 Å². The highest BCUT2D eigenvalue weighted by Crippen LogP contribution is 2.14. The quantitative estimate of drug-likeness (QED) is 0.621. The summed E-state index contributed by atoms with van der Waals surface area (Å²) < 4.78 is 0. The Balaban J connectivity index is 2.66. The molecule has 0 bridgehead atoms. The van der Waals surface area contributed by atoms with Crippen LogP contribution in [0, 0.1) is 0 Å². The first-order chi connectivity index (χ1) is 6.29. The normalized spacial score (nSPS) is 10.5. The molecule has 2 heteroatoms. The Hall–Kier alpha value is -1.28. The lowest BCUT2D eigenvalue weighted by molar-refractivity contribution is 0.282. The van der Waals surface area contributed by atoms with Crippen LogP contribution in [0.1, 0.15) is 5.56 Å². The van der Waals surface area contributed by atoms with Gasteiger partial charge in [0, 0.05) is 0 Å². The van der Waals surface area contributed by atoms with E-state index in [1.807, 2.05) is 18.2 Å². The van der Waals surface area contributed by atoms with Gasteiger partial charge >= 0.3 is 0 Å². The fourth-order valence-electron chi connectivity index (χ4n) is 1.51. The van der Waals surface area contributed by atoms with Gasteiger partial charge in [0.05, 0.1) is 6.61 Å². The predicted octanol–water partition coefficient (Wildman–Crippen LogP) is 0.591. The third-order valence-electron chi connectivity index (χ3n) is 2.24. The monoisotopic (exact) mass is 170 g/mol. The van der Waals surface area contributed by atoms with E-state index < -0.39 is 0 Å². The van der Waals surface area contributed by atoms with Crippen molar-refractivity contribution in [1.82, 2.24) is 0 Å². The van der Waals surface area contributed by atoms with Crippen molar-refractivity contribution in [3.8, 4) is 0 Å². The second kappa shape index (κ2) is 3.23. The lowest BCUT2D eigenvalue weighted by atomic mass is 9.93. The Bertz CT molecular complexity index is 437. The number of fused-ring (bicyclic) bond motifs is 1. The van der Waals surface area contributed by atoms with Gasteiger partial charge in [0.2, 0.25) is 0 Å². The van der Waals surface area contributed by atoms with Crippen LogP contribution in [-0.2, 0) is 6.61 Å². The van der Waals surface area contributed by atoms with E-state index in [9.17, 15) is 0 Å². The minimum absolute atomic E-state index is 0.115. The molecule has 0 aliphatic rings. The molecular formula is C11H11BO. The summed E-state index contributed by atoms with van der Waals surface area (Å²) in [6, 6.07) is 12.4. The van der Waals surface area contributed by atoms with Crippen molar-refractivity contribution in [2.45, 2.75) is 6.61 Å². The molecule has 0 unspecified atom stereocenters. The summed E-state index contributed by atoms with van der Waals surface area (Å²) in [5.41, 5.74) is 2.24. The average Bonchev–Trinajstić information content (AvgIpc) is 2.17. The lowest BCUT2D eigenvalue weighted by Gasteiger charge is -2.01. The van der Waals surface area contributed by atoms with Crippen molar-refractivity contribution in [2.75, 3.05) is 0 Å². The molecule has 0 saturated carbocycles. The van der Waals surface area contributed by atoms with Gasteiger partial charge in [-0.2, -0.15) is 0 Å². The lowest BCUT2D eigenvalue weighted by Crippen LogP contribution is -1.99. The minimum atomic E-state index is 0.115. The largest absolute Gasteiger partial charge is 0.392 e. The van der Waals surface area contributed by atoms with E-state index in [2.05, 4.69) is 26.0 Å². The predicted molar refractivity (Wildman–Crippen MR) is 58.0 cm³/mol. The number of aliphatic hydroxyl groups is 1. The number of rotatable bonds is 1. The smallest absolute Gasteiger partial charge is 0.139 e. The van der Waals surface area contributed by atoms with Crippen molar-refractivity contribution in [1.29, 1.82) is 0 Å². The van der Waals surface area contributed by atoms with Crippen LogP contribution >= 0.6 is 0 Å². The fraction of sp³-hybridized carbons (Fsp3) is 0.0909. The van der Waals surface area contributed by atoms with Crippen molar-refractivity contribution in [2.24, 2.45) is 0 Å². The molecule has 0 radical (unpaired) electrons. The zero-order valence-corrected chi connectivity index (χ0v) is 7.62. The molecule has 2 aromatic carbocycles. The van der Waals surface area contributed by atoms with Crippen molar-refractivity contribution in [3.63, 3.8) is 0 Å². The molecule has 0 atom stereocenters. The summed E-state index contributed by atoms with van der Waals surface area (Å²) in [7, 11) is 2.08. The van der Waals surface area contributed by atoms with E-state index in [-0.39, 0.29) is 6.61 Å². The van der Waals surface area contributed by atoms with Gasteiger partial charge in [-0.1, -0.05) is 35.8 Å². The minimum Gasteiger partial charge on any atom is -0.392 e. The molecule has 0 amide bonds. The molecule has 13 heavy (non-hydrogen) atoms. The Morgan fingerprint density at radius 2 is 1.69 bits per heavy atom. The maximum Gasteiger partial charge on any atom is 0.139 e. The van der Waals surface area contributed by atoms with Gasteiger partial charge in [-0.25, -0.2) is 0 Å². The molecule has 0 aliphatic heterocycles. The fourth-order valence-corrected chi connectivity index (χ4v) is 1.51. The number of hydrogen-bond acceptors (Lipinski definition) is 1. The van der Waals surface area contributed by atoms with E-state index in [0.29, 0.717) is 0 Å². The van der Waals surface area contributed by atoms with Crippen LogP contribution in [0.15, 0.2) is 36.4 Å². The molecule has 0 spiro atoms. The summed E-state index contributed by atoms with van der Waals surface area (Å²) in [6.45, 7) is 0.115. The highest BCUT2D eigenvalue weighted by molar-refractivity contribution is 6.33. The van der Waals surface area contributed by atoms with Crippen LogP contribution in [-0.4, -0.2) is 13.0 Å². The Morgan fingerprint density at radius 3 is 2.46 bits per heavy atom. The molecule has 0 aromatic heterocycles. The van der Waals surface area contributed by atoms with Gasteiger partial charge in [-0.3, -0.25) is 0 Å². The Morgan fingerprint density at radius 1 is 1.00 bits per heavy atom. The Labute approximate surface area is 78.4 Å². The van der Waals surface area contributed by atoms with Gasteiger partial charge in [0.15, 0.2) is 0 Å². The molecule has 0 fully saturated rings. The summed E-state index contributed by atoms with van der Waals surface area (Å²) in [4.78, 5) is 0. The van der Waals surface area contributed by atoms with E-state index in [0.717, 1.165) is 5.56 Å². The third kappa shape index (κ3) is 1.58. The van der Waals surface area contributed by atoms with Crippen molar-refractivity contribution < 1.29 is 5.11 Å². The SMILES string of the molecule is Bc1ccc2cc(CO)ccc2c1. The number of benzene rings is 2. The van der Waals surface area contributed by atoms with Gasteiger partial charge in [0.25, 0.3) is 0 Å². The number of hydrogen-bond donors (Lipinski definition) is 1. The molecule has 2 rings (SSSR count). The van der Waals surface area contributed by atoms with Crippen molar-refractivity contribution in [3.05, 3.63) is 42.0 Å². The summed E-state index contributed by atoms with van der Waals surface area (Å²) in [6.07, 6.45) is 0. The second-order valence-corrected chi connectivity index (χ2v) is 3.34. The second-order valence-electron chi connectivity index (χ2n) is 3.34. The van der Waals surface area contributed by atoms with Crippen LogP contribution < -0.4 is 5.46 Å². The van der Waals surface area contributed by atoms with Crippen molar-refractivity contribution >= 4 is 24.1 Å². The van der Waals surface area contributed by atoms with E-state index in [1.54, 1.807) is 0 Å². The topological polar surface area (TPSA) is 20.2 Å². The first-order valence-electron chi connectivity index (χ1n) is 4.40. The molecule has 64 valence electrons. The first kappa shape index (κ1) is 8.33. The molecule has 2 aromatic rings. The molecule has 0 aliphatic carbocycles. The van der Waals surface area contributed by atoms with E-state index >= 15 is 0 Å². The summed E-state index contributed by atoms with van der Waals surface area (Å²) in [5, 5.41) is 11.4. The molecule has 1 N–H and O–H groups in total. The van der Waals surface area contributed by atoms with E-state index in [1.165, 1.54) is 16.2 Å². The van der Waals surface area contributed by atoms with Gasteiger partial charge in [-0.15, -0.1) is 0 Å². The highest BCUT2D eigenvalue weighted by Gasteiger charge is 1.95.